The van der Waals surface area contributed by atoms with Crippen LogP contribution in [0.1, 0.15) is 9.67 Å². The number of methoxy groups -OCH3 is 2. The van der Waals surface area contributed by atoms with Crippen molar-refractivity contribution in [1.29, 1.82) is 0 Å². The van der Waals surface area contributed by atoms with E-state index in [1.54, 1.807) is 25.3 Å². The van der Waals surface area contributed by atoms with Gasteiger partial charge in [-0.2, -0.15) is 0 Å². The molecule has 2 heterocycles. The van der Waals surface area contributed by atoms with Gasteiger partial charge in [-0.25, -0.2) is 4.98 Å². The fourth-order valence-corrected chi connectivity index (χ4v) is 4.09. The Morgan fingerprint density at radius 3 is 2.71 bits per heavy atom. The number of carbonyl (C=O) groups is 1. The van der Waals surface area contributed by atoms with Crippen molar-refractivity contribution < 1.29 is 14.3 Å². The molecule has 0 radical (unpaired) electrons. The molecule has 28 heavy (non-hydrogen) atoms. The van der Waals surface area contributed by atoms with E-state index in [-0.39, 0.29) is 5.91 Å². The number of carbonyl (C=O) groups excluding carboxylic acids is 1. The first-order valence-corrected chi connectivity index (χ1v) is 9.51. The number of hydrogen-bond acceptors (Lipinski definition) is 6. The van der Waals surface area contributed by atoms with Crippen LogP contribution in [0.3, 0.4) is 0 Å². The molecule has 6 nitrogen and oxygen atoms in total. The number of aromatic nitrogens is 1. The second-order valence-electron chi connectivity index (χ2n) is 6.04. The van der Waals surface area contributed by atoms with Crippen LogP contribution < -0.4 is 20.5 Å². The number of hydrogen-bond donors (Lipinski definition) is 2. The van der Waals surface area contributed by atoms with Crippen LogP contribution in [-0.2, 0) is 0 Å². The molecule has 0 bridgehead atoms. The van der Waals surface area contributed by atoms with Crippen molar-refractivity contribution in [2.24, 2.45) is 0 Å². The molecule has 0 aliphatic rings. The average molecular weight is 414 g/mol. The molecule has 0 saturated heterocycles. The lowest BCUT2D eigenvalue weighted by atomic mass is 10.1. The number of fused-ring (bicyclic) bond motifs is 2. The van der Waals surface area contributed by atoms with E-state index in [1.165, 1.54) is 18.4 Å². The van der Waals surface area contributed by atoms with E-state index in [9.17, 15) is 4.79 Å². The van der Waals surface area contributed by atoms with Crippen molar-refractivity contribution in [2.75, 3.05) is 25.3 Å². The van der Waals surface area contributed by atoms with Crippen LogP contribution in [0.15, 0.2) is 42.5 Å². The summed E-state index contributed by atoms with van der Waals surface area (Å²) in [7, 11) is 3.13. The highest BCUT2D eigenvalue weighted by molar-refractivity contribution is 7.21. The molecule has 0 saturated carbocycles. The maximum atomic E-state index is 12.9. The molecule has 4 rings (SSSR count). The number of ether oxygens (including phenoxy) is 2. The second kappa shape index (κ2) is 7.18. The molecule has 0 spiro atoms. The summed E-state index contributed by atoms with van der Waals surface area (Å²) in [6.07, 6.45) is 0. The topological polar surface area (TPSA) is 86.5 Å². The van der Waals surface area contributed by atoms with E-state index in [0.29, 0.717) is 31.9 Å². The molecule has 3 N–H and O–H groups in total. The van der Waals surface area contributed by atoms with E-state index in [2.05, 4.69) is 10.3 Å². The van der Waals surface area contributed by atoms with E-state index in [1.807, 2.05) is 24.3 Å². The first-order valence-electron chi connectivity index (χ1n) is 8.32. The molecule has 0 aliphatic carbocycles. The summed E-state index contributed by atoms with van der Waals surface area (Å²) in [6, 6.07) is 12.5. The summed E-state index contributed by atoms with van der Waals surface area (Å²) in [5.74, 6) is 0.893. The lowest BCUT2D eigenvalue weighted by Gasteiger charge is -2.10. The van der Waals surface area contributed by atoms with Crippen molar-refractivity contribution in [3.63, 3.8) is 0 Å². The Bertz CT molecular complexity index is 1220. The number of benzene rings is 2. The zero-order chi connectivity index (χ0) is 19.8. The van der Waals surface area contributed by atoms with Crippen molar-refractivity contribution >= 4 is 61.3 Å². The Balaban J connectivity index is 1.76. The highest BCUT2D eigenvalue weighted by Gasteiger charge is 2.19. The minimum Gasteiger partial charge on any atom is -0.497 e. The van der Waals surface area contributed by atoms with Crippen LogP contribution in [0.5, 0.6) is 11.5 Å². The van der Waals surface area contributed by atoms with Gasteiger partial charge in [-0.3, -0.25) is 4.79 Å². The van der Waals surface area contributed by atoms with Crippen LogP contribution in [-0.4, -0.2) is 25.1 Å². The molecule has 2 aromatic carbocycles. The first-order chi connectivity index (χ1) is 13.5. The molecule has 0 fully saturated rings. The van der Waals surface area contributed by atoms with Crippen molar-refractivity contribution in [2.45, 2.75) is 0 Å². The van der Waals surface area contributed by atoms with Crippen molar-refractivity contribution in [1.82, 2.24) is 4.98 Å². The lowest BCUT2D eigenvalue weighted by molar-refractivity contribution is 0.103. The van der Waals surface area contributed by atoms with Gasteiger partial charge in [0.25, 0.3) is 5.91 Å². The molecule has 142 valence electrons. The minimum atomic E-state index is -0.345. The molecular weight excluding hydrogens is 398 g/mol. The summed E-state index contributed by atoms with van der Waals surface area (Å²) in [4.78, 5) is 18.6. The molecule has 4 aromatic rings. The Labute approximate surface area is 169 Å². The predicted octanol–water partition coefficient (Wildman–Crippen LogP) is 4.95. The number of nitrogens with two attached hydrogens (primary N) is 1. The van der Waals surface area contributed by atoms with Crippen LogP contribution >= 0.6 is 22.9 Å². The largest absolute Gasteiger partial charge is 0.497 e. The molecule has 0 unspecified atom stereocenters. The number of nitrogen functional groups attached to an aromatic ring is 1. The van der Waals surface area contributed by atoms with Gasteiger partial charge in [-0.05, 0) is 42.5 Å². The van der Waals surface area contributed by atoms with Gasteiger partial charge in [-0.1, -0.05) is 11.6 Å². The maximum absolute atomic E-state index is 12.9. The molecule has 1 amide bonds. The maximum Gasteiger partial charge on any atom is 0.268 e. The Kier molecular flexibility index (Phi) is 4.70. The third-order valence-electron chi connectivity index (χ3n) is 4.34. The predicted molar refractivity (Wildman–Crippen MR) is 114 cm³/mol. The average Bonchev–Trinajstić information content (AvgIpc) is 3.02. The smallest absolute Gasteiger partial charge is 0.268 e. The van der Waals surface area contributed by atoms with Crippen LogP contribution in [0, 0.1) is 0 Å². The first kappa shape index (κ1) is 18.3. The van der Waals surface area contributed by atoms with E-state index in [0.717, 1.165) is 22.0 Å². The number of halogens is 1. The fourth-order valence-electron chi connectivity index (χ4n) is 2.93. The lowest BCUT2D eigenvalue weighted by Crippen LogP contribution is -2.12. The van der Waals surface area contributed by atoms with Crippen molar-refractivity contribution in [3.8, 4) is 11.5 Å². The summed E-state index contributed by atoms with van der Waals surface area (Å²) >= 11 is 7.27. The third-order valence-corrected chi connectivity index (χ3v) is 5.69. The van der Waals surface area contributed by atoms with Gasteiger partial charge in [0.2, 0.25) is 0 Å². The van der Waals surface area contributed by atoms with Gasteiger partial charge in [0.1, 0.15) is 21.2 Å². The molecule has 2 aromatic heterocycles. The SMILES string of the molecule is COc1ccc2nc3sc(C(=O)Nc4cc(Cl)ccc4OC)c(N)c3cc2c1. The van der Waals surface area contributed by atoms with E-state index >= 15 is 0 Å². The van der Waals surface area contributed by atoms with E-state index in [4.69, 9.17) is 26.8 Å². The number of nitrogens with zero attached hydrogens (tertiary/aromatic N) is 1. The van der Waals surface area contributed by atoms with Gasteiger partial charge < -0.3 is 20.5 Å². The van der Waals surface area contributed by atoms with Crippen LogP contribution in [0.25, 0.3) is 21.1 Å². The minimum absolute atomic E-state index is 0.345. The monoisotopic (exact) mass is 413 g/mol. The number of thiophene rings is 1. The summed E-state index contributed by atoms with van der Waals surface area (Å²) in [6.45, 7) is 0. The van der Waals surface area contributed by atoms with Gasteiger partial charge in [0, 0.05) is 15.8 Å². The summed E-state index contributed by atoms with van der Waals surface area (Å²) in [5, 5.41) is 4.92. The summed E-state index contributed by atoms with van der Waals surface area (Å²) < 4.78 is 10.5. The normalized spacial score (nSPS) is 11.0. The second-order valence-corrected chi connectivity index (χ2v) is 7.48. The third kappa shape index (κ3) is 3.19. The zero-order valence-electron chi connectivity index (χ0n) is 15.1. The number of rotatable bonds is 4. The van der Waals surface area contributed by atoms with Gasteiger partial charge in [0.15, 0.2) is 0 Å². The highest BCUT2D eigenvalue weighted by atomic mass is 35.5. The standard InChI is InChI=1S/C20H16ClN3O3S/c1-26-12-4-5-14-10(7-12)8-13-17(22)18(28-20(13)24-14)19(25)23-15-9-11(21)3-6-16(15)27-2/h3-9H,22H2,1-2H3,(H,23,25). The van der Waals surface area contributed by atoms with Gasteiger partial charge in [-0.15, -0.1) is 11.3 Å². The fraction of sp³-hybridized carbons (Fsp3) is 0.100. The van der Waals surface area contributed by atoms with Gasteiger partial charge >= 0.3 is 0 Å². The number of nitrogens with one attached hydrogen (secondary N) is 1. The molecule has 0 atom stereocenters. The number of amides is 1. The zero-order valence-corrected chi connectivity index (χ0v) is 16.6. The molecular formula is C20H16ClN3O3S. The number of anilines is 2. The van der Waals surface area contributed by atoms with Crippen LogP contribution in [0.4, 0.5) is 11.4 Å². The van der Waals surface area contributed by atoms with Gasteiger partial charge in [0.05, 0.1) is 31.1 Å². The summed E-state index contributed by atoms with van der Waals surface area (Å²) in [5.41, 5.74) is 7.94. The highest BCUT2D eigenvalue weighted by Crippen LogP contribution is 2.36. The van der Waals surface area contributed by atoms with Crippen molar-refractivity contribution in [3.05, 3.63) is 52.4 Å². The quantitative estimate of drug-likeness (QED) is 0.494. The Morgan fingerprint density at radius 1 is 1.14 bits per heavy atom. The molecule has 0 aliphatic heterocycles. The Hall–Kier alpha value is -3.03. The van der Waals surface area contributed by atoms with Crippen LogP contribution in [0.2, 0.25) is 5.02 Å². The number of pyridine rings is 1. The van der Waals surface area contributed by atoms with E-state index < -0.39 is 0 Å². The molecule has 8 heteroatoms. The Morgan fingerprint density at radius 2 is 1.96 bits per heavy atom.